The summed E-state index contributed by atoms with van der Waals surface area (Å²) in [5, 5.41) is 11.4. The minimum absolute atomic E-state index is 0.0197. The lowest BCUT2D eigenvalue weighted by Gasteiger charge is -2.15. The largest absolute Gasteiger partial charge is 0.395 e. The van der Waals surface area contributed by atoms with Crippen molar-refractivity contribution in [3.8, 4) is 0 Å². The maximum Gasteiger partial charge on any atom is 0.277 e. The van der Waals surface area contributed by atoms with Gasteiger partial charge in [0.05, 0.1) is 30.8 Å². The van der Waals surface area contributed by atoms with Gasteiger partial charge in [0, 0.05) is 6.08 Å². The van der Waals surface area contributed by atoms with Crippen LogP contribution in [0.5, 0.6) is 0 Å². The van der Waals surface area contributed by atoms with Crippen LogP contribution in [-0.4, -0.2) is 49.6 Å². The van der Waals surface area contributed by atoms with Crippen LogP contribution in [0.15, 0.2) is 30.0 Å². The van der Waals surface area contributed by atoms with Crippen molar-refractivity contribution in [3.63, 3.8) is 0 Å². The van der Waals surface area contributed by atoms with E-state index in [4.69, 9.17) is 5.11 Å². The first-order valence-electron chi connectivity index (χ1n) is 6.44. The highest BCUT2D eigenvalue weighted by molar-refractivity contribution is 7.92. The third-order valence-electron chi connectivity index (χ3n) is 2.88. The number of imide groups is 1. The molecule has 1 aliphatic heterocycles. The monoisotopic (exact) mass is 343 g/mol. The molecule has 2 rings (SSSR count). The molecule has 0 aliphatic carbocycles. The first kappa shape index (κ1) is 16.9. The van der Waals surface area contributed by atoms with E-state index in [0.717, 1.165) is 29.4 Å². The minimum Gasteiger partial charge on any atom is -0.395 e. The van der Waals surface area contributed by atoms with Crippen molar-refractivity contribution in [3.05, 3.63) is 35.8 Å². The van der Waals surface area contributed by atoms with E-state index < -0.39 is 27.7 Å². The maximum absolute atomic E-state index is 13.4. The molecule has 0 unspecified atom stereocenters. The van der Waals surface area contributed by atoms with Gasteiger partial charge in [-0.2, -0.15) is 0 Å². The van der Waals surface area contributed by atoms with Gasteiger partial charge < -0.3 is 10.4 Å². The van der Waals surface area contributed by atoms with Gasteiger partial charge in [-0.3, -0.25) is 19.2 Å². The molecule has 0 aromatic heterocycles. The Labute approximate surface area is 131 Å². The van der Waals surface area contributed by atoms with Crippen LogP contribution in [-0.2, 0) is 19.6 Å². The molecule has 0 radical (unpaired) electrons. The molecule has 2 amide bonds. The average molecular weight is 343 g/mol. The number of carbonyl (C=O) groups is 2. The Hall–Kier alpha value is -2.46. The summed E-state index contributed by atoms with van der Waals surface area (Å²) in [5.41, 5.74) is -0.144. The van der Waals surface area contributed by atoms with Crippen LogP contribution < -0.4 is 10.0 Å². The van der Waals surface area contributed by atoms with E-state index in [9.17, 15) is 22.4 Å². The van der Waals surface area contributed by atoms with E-state index in [1.54, 1.807) is 0 Å². The summed E-state index contributed by atoms with van der Waals surface area (Å²) in [7, 11) is -3.62. The molecule has 1 heterocycles. The molecule has 1 aromatic rings. The van der Waals surface area contributed by atoms with E-state index in [-0.39, 0.29) is 30.2 Å². The molecule has 1 aromatic carbocycles. The number of aliphatic hydroxyl groups is 1. The number of amides is 2. The average Bonchev–Trinajstić information content (AvgIpc) is 2.69. The van der Waals surface area contributed by atoms with E-state index >= 15 is 0 Å². The number of rotatable bonds is 6. The van der Waals surface area contributed by atoms with Gasteiger partial charge in [0.1, 0.15) is 11.5 Å². The van der Waals surface area contributed by atoms with E-state index in [2.05, 4.69) is 10.0 Å². The summed E-state index contributed by atoms with van der Waals surface area (Å²) in [4.78, 5) is 24.5. The summed E-state index contributed by atoms with van der Waals surface area (Å²) < 4.78 is 38.2. The van der Waals surface area contributed by atoms with Gasteiger partial charge in [0.2, 0.25) is 10.0 Å². The molecule has 0 saturated heterocycles. The second kappa shape index (κ2) is 6.34. The SMILES string of the molecule is CS(=O)(=O)Nc1ccc(F)cc1NC1=CC(=O)N(CCO)C1=O. The molecule has 10 heteroatoms. The number of hydrogen-bond donors (Lipinski definition) is 3. The van der Waals surface area contributed by atoms with Crippen LogP contribution in [0, 0.1) is 5.82 Å². The van der Waals surface area contributed by atoms with Crippen molar-refractivity contribution < 1.29 is 27.5 Å². The highest BCUT2D eigenvalue weighted by Gasteiger charge is 2.31. The van der Waals surface area contributed by atoms with Crippen LogP contribution in [0.2, 0.25) is 0 Å². The Bertz CT molecular complexity index is 791. The highest BCUT2D eigenvalue weighted by atomic mass is 32.2. The van der Waals surface area contributed by atoms with Gasteiger partial charge in [-0.25, -0.2) is 12.8 Å². The third kappa shape index (κ3) is 4.05. The molecule has 8 nitrogen and oxygen atoms in total. The first-order valence-corrected chi connectivity index (χ1v) is 8.33. The number of β-amino-alcohol motifs (C(OH)–C–C–N with tert-alkyl or cyclic N) is 1. The second-order valence-corrected chi connectivity index (χ2v) is 6.51. The molecule has 0 bridgehead atoms. The van der Waals surface area contributed by atoms with E-state index in [1.165, 1.54) is 6.07 Å². The fraction of sp³-hybridized carbons (Fsp3) is 0.231. The normalized spacial score (nSPS) is 14.9. The lowest BCUT2D eigenvalue weighted by molar-refractivity contribution is -0.137. The molecule has 0 fully saturated rings. The lowest BCUT2D eigenvalue weighted by atomic mass is 10.2. The predicted octanol–water partition coefficient (Wildman–Crippen LogP) is -0.146. The topological polar surface area (TPSA) is 116 Å². The summed E-state index contributed by atoms with van der Waals surface area (Å²) in [6.07, 6.45) is 1.92. The Morgan fingerprint density at radius 2 is 1.96 bits per heavy atom. The lowest BCUT2D eigenvalue weighted by Crippen LogP contribution is -2.34. The number of benzene rings is 1. The van der Waals surface area contributed by atoms with Gasteiger partial charge in [0.25, 0.3) is 11.8 Å². The Balaban J connectivity index is 2.30. The molecule has 0 saturated carbocycles. The standard InChI is InChI=1S/C13H14FN3O5S/c1-23(21,22)16-9-3-2-8(14)6-10(9)15-11-7-12(19)17(4-5-18)13(11)20/h2-3,6-7,15-16,18H,4-5H2,1H3. The van der Waals surface area contributed by atoms with Crippen LogP contribution in [0.4, 0.5) is 15.8 Å². The Morgan fingerprint density at radius 3 is 2.57 bits per heavy atom. The zero-order valence-corrected chi connectivity index (χ0v) is 12.9. The molecular formula is C13H14FN3O5S. The van der Waals surface area contributed by atoms with E-state index in [1.807, 2.05) is 0 Å². The molecule has 0 atom stereocenters. The molecule has 0 spiro atoms. The fourth-order valence-corrected chi connectivity index (χ4v) is 2.54. The zero-order chi connectivity index (χ0) is 17.2. The van der Waals surface area contributed by atoms with Gasteiger partial charge in [0.15, 0.2) is 0 Å². The van der Waals surface area contributed by atoms with Crippen molar-refractivity contribution in [1.82, 2.24) is 4.90 Å². The number of nitrogens with one attached hydrogen (secondary N) is 2. The Morgan fingerprint density at radius 1 is 1.26 bits per heavy atom. The number of anilines is 2. The molecule has 124 valence electrons. The van der Waals surface area contributed by atoms with Gasteiger partial charge in [-0.05, 0) is 18.2 Å². The van der Waals surface area contributed by atoms with Gasteiger partial charge in [-0.15, -0.1) is 0 Å². The minimum atomic E-state index is -3.62. The van der Waals surface area contributed by atoms with Crippen molar-refractivity contribution in [2.75, 3.05) is 29.4 Å². The quantitative estimate of drug-likeness (QED) is 0.619. The number of hydrogen-bond acceptors (Lipinski definition) is 6. The Kier molecular flexibility index (Phi) is 4.66. The molecule has 23 heavy (non-hydrogen) atoms. The highest BCUT2D eigenvalue weighted by Crippen LogP contribution is 2.26. The summed E-state index contributed by atoms with van der Waals surface area (Å²) >= 11 is 0. The summed E-state index contributed by atoms with van der Waals surface area (Å²) in [6.45, 7) is -0.559. The smallest absolute Gasteiger partial charge is 0.277 e. The third-order valence-corrected chi connectivity index (χ3v) is 3.47. The first-order chi connectivity index (χ1) is 10.7. The number of halogens is 1. The zero-order valence-electron chi connectivity index (χ0n) is 12.0. The van der Waals surface area contributed by atoms with Crippen molar-refractivity contribution in [2.45, 2.75) is 0 Å². The molecule has 1 aliphatic rings. The molecular weight excluding hydrogens is 329 g/mol. The summed E-state index contributed by atoms with van der Waals surface area (Å²) in [6, 6.07) is 3.22. The van der Waals surface area contributed by atoms with Gasteiger partial charge >= 0.3 is 0 Å². The maximum atomic E-state index is 13.4. The van der Waals surface area contributed by atoms with Crippen LogP contribution in [0.3, 0.4) is 0 Å². The molecule has 3 N–H and O–H groups in total. The van der Waals surface area contributed by atoms with Crippen LogP contribution in [0.1, 0.15) is 0 Å². The number of aliphatic hydroxyl groups excluding tert-OH is 1. The van der Waals surface area contributed by atoms with Gasteiger partial charge in [-0.1, -0.05) is 0 Å². The fourth-order valence-electron chi connectivity index (χ4n) is 1.96. The van der Waals surface area contributed by atoms with E-state index in [0.29, 0.717) is 0 Å². The number of carbonyl (C=O) groups excluding carboxylic acids is 2. The number of sulfonamides is 1. The van der Waals surface area contributed by atoms with Crippen LogP contribution in [0.25, 0.3) is 0 Å². The van der Waals surface area contributed by atoms with Crippen LogP contribution >= 0.6 is 0 Å². The second-order valence-electron chi connectivity index (χ2n) is 4.77. The number of nitrogens with zero attached hydrogens (tertiary/aromatic N) is 1. The van der Waals surface area contributed by atoms with Crippen molar-refractivity contribution in [2.24, 2.45) is 0 Å². The predicted molar refractivity (Wildman–Crippen MR) is 80.4 cm³/mol. The summed E-state index contributed by atoms with van der Waals surface area (Å²) in [5.74, 6) is -1.98. The van der Waals surface area contributed by atoms with Crippen molar-refractivity contribution >= 4 is 33.2 Å². The van der Waals surface area contributed by atoms with Crippen molar-refractivity contribution in [1.29, 1.82) is 0 Å².